The summed E-state index contributed by atoms with van der Waals surface area (Å²) in [5.74, 6) is 0. The summed E-state index contributed by atoms with van der Waals surface area (Å²) in [4.78, 5) is 0. The van der Waals surface area contributed by atoms with Crippen LogP contribution in [0.2, 0.25) is 0 Å². The van der Waals surface area contributed by atoms with Crippen molar-refractivity contribution in [1.82, 2.24) is 9.78 Å². The average molecular weight is 251 g/mol. The molecule has 2 N–H and O–H groups in total. The molecule has 0 atom stereocenters. The van der Waals surface area contributed by atoms with Crippen molar-refractivity contribution in [3.63, 3.8) is 0 Å². The zero-order valence-electron chi connectivity index (χ0n) is 11.8. The first kappa shape index (κ1) is 14.9. The number of ether oxygens (including phenoxy) is 1. The molecule has 0 bridgehead atoms. The lowest BCUT2D eigenvalue weighted by molar-refractivity contribution is 0.223. The molecule has 0 fully saturated rings. The van der Waals surface area contributed by atoms with Gasteiger partial charge in [-0.3, -0.25) is 4.68 Å². The van der Waals surface area contributed by atoms with Gasteiger partial charge in [-0.05, 0) is 50.4 Å². The zero-order valence-corrected chi connectivity index (χ0v) is 11.8. The van der Waals surface area contributed by atoms with E-state index in [4.69, 9.17) is 10.5 Å². The van der Waals surface area contributed by atoms with E-state index in [9.17, 15) is 0 Å². The van der Waals surface area contributed by atoms with Gasteiger partial charge in [0.2, 0.25) is 0 Å². The van der Waals surface area contributed by atoms with Crippen LogP contribution >= 0.6 is 0 Å². The van der Waals surface area contributed by atoms with Crippen molar-refractivity contribution in [3.05, 3.63) is 23.0 Å². The number of hydrogen-bond acceptors (Lipinski definition) is 3. The normalized spacial score (nSPS) is 12.1. The van der Waals surface area contributed by atoms with Crippen LogP contribution < -0.4 is 5.73 Å². The van der Waals surface area contributed by atoms with Crippen LogP contribution in [0.3, 0.4) is 0 Å². The van der Waals surface area contributed by atoms with E-state index in [0.29, 0.717) is 13.2 Å². The summed E-state index contributed by atoms with van der Waals surface area (Å²) in [6, 6.07) is 2.15. The number of nitrogens with zero attached hydrogens (tertiary/aromatic N) is 2. The van der Waals surface area contributed by atoms with Crippen LogP contribution in [0.1, 0.15) is 38.1 Å². The minimum Gasteiger partial charge on any atom is -0.380 e. The fourth-order valence-electron chi connectivity index (χ4n) is 1.94. The highest BCUT2D eigenvalue weighted by atomic mass is 16.5. The standard InChI is InChI=1S/C14H25N3O/c1-4-13-10-14(17(5-2)16-13)9-12(11-18-3)7-6-8-15/h9-10H,4-8,11,15H2,1-3H3/b12-9-. The molecule has 0 aliphatic heterocycles. The summed E-state index contributed by atoms with van der Waals surface area (Å²) in [6.07, 6.45) is 5.14. The topological polar surface area (TPSA) is 53.1 Å². The van der Waals surface area contributed by atoms with Crippen LogP contribution in [0.4, 0.5) is 0 Å². The Labute approximate surface area is 110 Å². The molecule has 1 aromatic rings. The molecule has 1 rings (SSSR count). The van der Waals surface area contributed by atoms with Crippen LogP contribution in [0.5, 0.6) is 0 Å². The Hall–Kier alpha value is -1.13. The van der Waals surface area contributed by atoms with Gasteiger partial charge in [-0.1, -0.05) is 6.92 Å². The van der Waals surface area contributed by atoms with Gasteiger partial charge in [0.25, 0.3) is 0 Å². The second-order valence-electron chi connectivity index (χ2n) is 4.36. The number of aryl methyl sites for hydroxylation is 2. The van der Waals surface area contributed by atoms with Crippen molar-refractivity contribution in [1.29, 1.82) is 0 Å². The summed E-state index contributed by atoms with van der Waals surface area (Å²) < 4.78 is 7.28. The zero-order chi connectivity index (χ0) is 13.4. The van der Waals surface area contributed by atoms with Gasteiger partial charge < -0.3 is 10.5 Å². The summed E-state index contributed by atoms with van der Waals surface area (Å²) in [6.45, 7) is 6.51. The lowest BCUT2D eigenvalue weighted by Crippen LogP contribution is -2.04. The number of aromatic nitrogens is 2. The lowest BCUT2D eigenvalue weighted by atomic mass is 10.1. The summed E-state index contributed by atoms with van der Waals surface area (Å²) >= 11 is 0. The second-order valence-corrected chi connectivity index (χ2v) is 4.36. The number of methoxy groups -OCH3 is 1. The SMILES string of the molecule is CCc1cc(/C=C(/CCCN)COC)n(CC)n1. The van der Waals surface area contributed by atoms with Gasteiger partial charge in [0, 0.05) is 13.7 Å². The quantitative estimate of drug-likeness (QED) is 0.771. The van der Waals surface area contributed by atoms with E-state index < -0.39 is 0 Å². The van der Waals surface area contributed by atoms with E-state index in [1.165, 1.54) is 11.3 Å². The number of nitrogens with two attached hydrogens (primary N) is 1. The van der Waals surface area contributed by atoms with Crippen LogP contribution in [-0.4, -0.2) is 30.0 Å². The Kier molecular flexibility index (Phi) is 6.68. The maximum Gasteiger partial charge on any atom is 0.0676 e. The van der Waals surface area contributed by atoms with E-state index in [1.54, 1.807) is 7.11 Å². The van der Waals surface area contributed by atoms with Crippen molar-refractivity contribution in [3.8, 4) is 0 Å². The maximum atomic E-state index is 5.56. The fraction of sp³-hybridized carbons (Fsp3) is 0.643. The molecular formula is C14H25N3O. The summed E-state index contributed by atoms with van der Waals surface area (Å²) in [5.41, 5.74) is 9.14. The number of rotatable bonds is 8. The van der Waals surface area contributed by atoms with E-state index in [2.05, 4.69) is 31.1 Å². The Balaban J connectivity index is 2.90. The Morgan fingerprint density at radius 3 is 2.83 bits per heavy atom. The van der Waals surface area contributed by atoms with Gasteiger partial charge >= 0.3 is 0 Å². The first-order valence-corrected chi connectivity index (χ1v) is 6.70. The smallest absolute Gasteiger partial charge is 0.0676 e. The first-order valence-electron chi connectivity index (χ1n) is 6.70. The van der Waals surface area contributed by atoms with Crippen molar-refractivity contribution in [2.75, 3.05) is 20.3 Å². The average Bonchev–Trinajstić information content (AvgIpc) is 2.78. The molecule has 0 radical (unpaired) electrons. The third kappa shape index (κ3) is 4.27. The minimum atomic E-state index is 0.663. The third-order valence-electron chi connectivity index (χ3n) is 2.91. The van der Waals surface area contributed by atoms with Crippen molar-refractivity contribution < 1.29 is 4.74 Å². The molecule has 1 heterocycles. The highest BCUT2D eigenvalue weighted by Gasteiger charge is 2.05. The summed E-state index contributed by atoms with van der Waals surface area (Å²) in [7, 11) is 1.73. The molecule has 0 aliphatic carbocycles. The molecule has 4 nitrogen and oxygen atoms in total. The molecule has 0 spiro atoms. The molecule has 0 amide bonds. The van der Waals surface area contributed by atoms with Gasteiger partial charge in [-0.2, -0.15) is 5.10 Å². The predicted molar refractivity (Wildman–Crippen MR) is 75.4 cm³/mol. The van der Waals surface area contributed by atoms with E-state index >= 15 is 0 Å². The molecule has 0 saturated heterocycles. The molecule has 1 aromatic heterocycles. The third-order valence-corrected chi connectivity index (χ3v) is 2.91. The van der Waals surface area contributed by atoms with Gasteiger partial charge in [0.15, 0.2) is 0 Å². The fourth-order valence-corrected chi connectivity index (χ4v) is 1.94. The second kappa shape index (κ2) is 8.06. The maximum absolute atomic E-state index is 5.56. The molecular weight excluding hydrogens is 226 g/mol. The molecule has 4 heteroatoms. The van der Waals surface area contributed by atoms with E-state index in [-0.39, 0.29) is 0 Å². The Morgan fingerprint density at radius 1 is 1.50 bits per heavy atom. The minimum absolute atomic E-state index is 0.663. The first-order chi connectivity index (χ1) is 8.74. The molecule has 102 valence electrons. The molecule has 18 heavy (non-hydrogen) atoms. The van der Waals surface area contributed by atoms with Crippen LogP contribution in [0.15, 0.2) is 11.6 Å². The number of hydrogen-bond donors (Lipinski definition) is 1. The van der Waals surface area contributed by atoms with E-state index in [0.717, 1.165) is 31.5 Å². The van der Waals surface area contributed by atoms with Gasteiger partial charge in [0.05, 0.1) is 18.0 Å². The Bertz CT molecular complexity index is 382. The van der Waals surface area contributed by atoms with Gasteiger partial charge in [-0.25, -0.2) is 0 Å². The Morgan fingerprint density at radius 2 is 2.28 bits per heavy atom. The van der Waals surface area contributed by atoms with Gasteiger partial charge in [-0.15, -0.1) is 0 Å². The predicted octanol–water partition coefficient (Wildman–Crippen LogP) is 2.23. The monoisotopic (exact) mass is 251 g/mol. The molecule has 0 aliphatic rings. The van der Waals surface area contributed by atoms with Crippen molar-refractivity contribution >= 4 is 6.08 Å². The van der Waals surface area contributed by atoms with Crippen LogP contribution in [0, 0.1) is 0 Å². The van der Waals surface area contributed by atoms with Crippen LogP contribution in [-0.2, 0) is 17.7 Å². The highest BCUT2D eigenvalue weighted by Crippen LogP contribution is 2.14. The highest BCUT2D eigenvalue weighted by molar-refractivity contribution is 5.50. The van der Waals surface area contributed by atoms with E-state index in [1.807, 2.05) is 4.68 Å². The largest absolute Gasteiger partial charge is 0.380 e. The molecule has 0 unspecified atom stereocenters. The molecule has 0 saturated carbocycles. The van der Waals surface area contributed by atoms with Gasteiger partial charge in [0.1, 0.15) is 0 Å². The lowest BCUT2D eigenvalue weighted by Gasteiger charge is -2.06. The molecule has 0 aromatic carbocycles. The van der Waals surface area contributed by atoms with Crippen molar-refractivity contribution in [2.24, 2.45) is 5.73 Å². The van der Waals surface area contributed by atoms with Crippen LogP contribution in [0.25, 0.3) is 6.08 Å². The van der Waals surface area contributed by atoms with Crippen molar-refractivity contribution in [2.45, 2.75) is 39.7 Å². The summed E-state index contributed by atoms with van der Waals surface area (Å²) in [5, 5.41) is 4.55.